The smallest absolute Gasteiger partial charge is 0.261 e. The third-order valence-electron chi connectivity index (χ3n) is 4.73. The molecule has 1 unspecified atom stereocenters. The van der Waals surface area contributed by atoms with Gasteiger partial charge in [0.05, 0.1) is 0 Å². The molecule has 1 atom stereocenters. The molecule has 1 amide bonds. The quantitative estimate of drug-likeness (QED) is 0.695. The summed E-state index contributed by atoms with van der Waals surface area (Å²) >= 11 is 2.01. The number of hydrogen-bond acceptors (Lipinski definition) is 3. The number of carbonyl (C=O) groups excluding carboxylic acids is 1. The second kappa shape index (κ2) is 9.97. The largest absolute Gasteiger partial charge is 0.481 e. The highest BCUT2D eigenvalue weighted by Gasteiger charge is 2.18. The Hall–Kier alpha value is -1.16. The van der Waals surface area contributed by atoms with Crippen molar-refractivity contribution in [3.05, 3.63) is 29.3 Å². The molecule has 134 valence electrons. The lowest BCUT2D eigenvalue weighted by atomic mass is 10.0. The van der Waals surface area contributed by atoms with E-state index in [0.717, 1.165) is 23.3 Å². The highest BCUT2D eigenvalue weighted by atomic mass is 32.2. The normalized spacial score (nSPS) is 16.6. The first-order valence-electron chi connectivity index (χ1n) is 9.23. The first-order chi connectivity index (χ1) is 11.6. The molecule has 1 fully saturated rings. The number of thioether (sulfide) groups is 1. The molecule has 1 aliphatic carbocycles. The van der Waals surface area contributed by atoms with E-state index in [4.69, 9.17) is 4.74 Å². The lowest BCUT2D eigenvalue weighted by molar-refractivity contribution is -0.127. The van der Waals surface area contributed by atoms with Gasteiger partial charge in [0.15, 0.2) is 6.10 Å². The van der Waals surface area contributed by atoms with Gasteiger partial charge in [-0.2, -0.15) is 11.8 Å². The van der Waals surface area contributed by atoms with Gasteiger partial charge in [-0.3, -0.25) is 4.79 Å². The monoisotopic (exact) mass is 349 g/mol. The number of rotatable bonds is 8. The summed E-state index contributed by atoms with van der Waals surface area (Å²) in [4.78, 5) is 12.3. The van der Waals surface area contributed by atoms with Crippen LogP contribution in [0, 0.1) is 13.8 Å². The van der Waals surface area contributed by atoms with Gasteiger partial charge in [0.1, 0.15) is 5.75 Å². The minimum atomic E-state index is -0.410. The van der Waals surface area contributed by atoms with Gasteiger partial charge in [-0.1, -0.05) is 32.3 Å². The number of amides is 1. The van der Waals surface area contributed by atoms with Crippen molar-refractivity contribution in [3.8, 4) is 5.75 Å². The average molecular weight is 350 g/mol. The zero-order valence-electron chi connectivity index (χ0n) is 15.3. The lowest BCUT2D eigenvalue weighted by Gasteiger charge is -2.21. The van der Waals surface area contributed by atoms with Crippen molar-refractivity contribution >= 4 is 17.7 Å². The number of carbonyl (C=O) groups is 1. The molecule has 1 aromatic rings. The number of benzene rings is 1. The third kappa shape index (κ3) is 6.04. The molecule has 1 saturated carbocycles. The van der Waals surface area contributed by atoms with Crippen molar-refractivity contribution < 1.29 is 9.53 Å². The van der Waals surface area contributed by atoms with Crippen LogP contribution in [0.4, 0.5) is 0 Å². The molecule has 0 bridgehead atoms. The van der Waals surface area contributed by atoms with Gasteiger partial charge in [0.2, 0.25) is 0 Å². The minimum absolute atomic E-state index is 0.0000257. The van der Waals surface area contributed by atoms with Crippen LogP contribution in [0.5, 0.6) is 5.75 Å². The Morgan fingerprint density at radius 2 is 2.00 bits per heavy atom. The van der Waals surface area contributed by atoms with E-state index in [-0.39, 0.29) is 5.91 Å². The van der Waals surface area contributed by atoms with E-state index in [1.165, 1.54) is 43.2 Å². The van der Waals surface area contributed by atoms with Crippen LogP contribution in [0.25, 0.3) is 0 Å². The first kappa shape index (κ1) is 19.2. The Morgan fingerprint density at radius 1 is 1.25 bits per heavy atom. The summed E-state index contributed by atoms with van der Waals surface area (Å²) < 4.78 is 5.89. The lowest BCUT2D eigenvalue weighted by Crippen LogP contribution is -2.39. The molecule has 0 aromatic heterocycles. The molecule has 24 heavy (non-hydrogen) atoms. The van der Waals surface area contributed by atoms with Crippen molar-refractivity contribution in [2.24, 2.45) is 0 Å². The van der Waals surface area contributed by atoms with Crippen LogP contribution in [0.15, 0.2) is 18.2 Å². The SMILES string of the molecule is CCC(Oc1ccc(C)c(C)c1)C(=O)NCCSC1CCCCC1. The first-order valence-corrected chi connectivity index (χ1v) is 10.3. The standard InChI is InChI=1S/C20H31NO2S/c1-4-19(23-17-11-10-15(2)16(3)14-17)20(22)21-12-13-24-18-8-6-5-7-9-18/h10-11,14,18-19H,4-9,12-13H2,1-3H3,(H,21,22). The number of aryl methyl sites for hydroxylation is 2. The van der Waals surface area contributed by atoms with Crippen LogP contribution in [0.1, 0.15) is 56.6 Å². The van der Waals surface area contributed by atoms with Crippen molar-refractivity contribution in [3.63, 3.8) is 0 Å². The summed E-state index contributed by atoms with van der Waals surface area (Å²) in [6.45, 7) is 6.85. The van der Waals surface area contributed by atoms with Gasteiger partial charge in [0, 0.05) is 17.5 Å². The summed E-state index contributed by atoms with van der Waals surface area (Å²) in [5.74, 6) is 1.77. The number of hydrogen-bond donors (Lipinski definition) is 1. The van der Waals surface area contributed by atoms with Gasteiger partial charge >= 0.3 is 0 Å². The van der Waals surface area contributed by atoms with Crippen LogP contribution in [0.3, 0.4) is 0 Å². The highest BCUT2D eigenvalue weighted by Crippen LogP contribution is 2.27. The third-order valence-corrected chi connectivity index (χ3v) is 6.11. The van der Waals surface area contributed by atoms with Crippen molar-refractivity contribution in [1.29, 1.82) is 0 Å². The van der Waals surface area contributed by atoms with Crippen LogP contribution in [0.2, 0.25) is 0 Å². The van der Waals surface area contributed by atoms with Gasteiger partial charge in [-0.05, 0) is 56.4 Å². The van der Waals surface area contributed by atoms with E-state index in [1.807, 2.05) is 36.9 Å². The Balaban J connectivity index is 1.73. The summed E-state index contributed by atoms with van der Waals surface area (Å²) in [6.07, 6.45) is 7.07. The van der Waals surface area contributed by atoms with E-state index in [9.17, 15) is 4.79 Å². The fraction of sp³-hybridized carbons (Fsp3) is 0.650. The zero-order valence-corrected chi connectivity index (χ0v) is 16.1. The van der Waals surface area contributed by atoms with Gasteiger partial charge in [-0.15, -0.1) is 0 Å². The Labute approximate surface area is 150 Å². The number of nitrogens with one attached hydrogen (secondary N) is 1. The van der Waals surface area contributed by atoms with E-state index in [0.29, 0.717) is 6.42 Å². The molecule has 1 aliphatic rings. The summed E-state index contributed by atoms with van der Waals surface area (Å²) in [7, 11) is 0. The fourth-order valence-electron chi connectivity index (χ4n) is 3.02. The summed E-state index contributed by atoms with van der Waals surface area (Å²) in [6, 6.07) is 5.98. The Kier molecular flexibility index (Phi) is 7.97. The maximum absolute atomic E-state index is 12.3. The Morgan fingerprint density at radius 3 is 2.67 bits per heavy atom. The highest BCUT2D eigenvalue weighted by molar-refractivity contribution is 7.99. The van der Waals surface area contributed by atoms with Crippen LogP contribution >= 0.6 is 11.8 Å². The number of ether oxygens (including phenoxy) is 1. The van der Waals surface area contributed by atoms with Crippen LogP contribution in [-0.2, 0) is 4.79 Å². The van der Waals surface area contributed by atoms with Crippen LogP contribution < -0.4 is 10.1 Å². The maximum Gasteiger partial charge on any atom is 0.261 e. The van der Waals surface area contributed by atoms with E-state index < -0.39 is 6.10 Å². The summed E-state index contributed by atoms with van der Waals surface area (Å²) in [5, 5.41) is 3.83. The molecule has 0 spiro atoms. The predicted molar refractivity (Wildman–Crippen MR) is 103 cm³/mol. The second-order valence-electron chi connectivity index (χ2n) is 6.68. The molecule has 0 saturated heterocycles. The maximum atomic E-state index is 12.3. The molecule has 1 aromatic carbocycles. The molecule has 0 aliphatic heterocycles. The summed E-state index contributed by atoms with van der Waals surface area (Å²) in [5.41, 5.74) is 2.42. The topological polar surface area (TPSA) is 38.3 Å². The van der Waals surface area contributed by atoms with Crippen molar-refractivity contribution in [2.45, 2.75) is 70.7 Å². The van der Waals surface area contributed by atoms with Gasteiger partial charge < -0.3 is 10.1 Å². The molecule has 1 N–H and O–H groups in total. The molecule has 0 radical (unpaired) electrons. The molecule has 4 heteroatoms. The zero-order chi connectivity index (χ0) is 17.4. The molecule has 3 nitrogen and oxygen atoms in total. The second-order valence-corrected chi connectivity index (χ2v) is 8.09. The van der Waals surface area contributed by atoms with Gasteiger partial charge in [0.25, 0.3) is 5.91 Å². The molecular weight excluding hydrogens is 318 g/mol. The average Bonchev–Trinajstić information content (AvgIpc) is 2.60. The van der Waals surface area contributed by atoms with E-state index in [2.05, 4.69) is 19.2 Å². The van der Waals surface area contributed by atoms with E-state index >= 15 is 0 Å². The van der Waals surface area contributed by atoms with Gasteiger partial charge in [-0.25, -0.2) is 0 Å². The molecule has 2 rings (SSSR count). The van der Waals surface area contributed by atoms with Crippen molar-refractivity contribution in [1.82, 2.24) is 5.32 Å². The van der Waals surface area contributed by atoms with Crippen molar-refractivity contribution in [2.75, 3.05) is 12.3 Å². The fourth-order valence-corrected chi connectivity index (χ4v) is 4.24. The molecular formula is C20H31NO2S. The molecule has 0 heterocycles. The van der Waals surface area contributed by atoms with E-state index in [1.54, 1.807) is 0 Å². The minimum Gasteiger partial charge on any atom is -0.481 e. The predicted octanol–water partition coefficient (Wildman–Crippen LogP) is 4.64. The Bertz CT molecular complexity index is 526. The van der Waals surface area contributed by atoms with Crippen LogP contribution in [-0.4, -0.2) is 29.6 Å².